The third-order valence-corrected chi connectivity index (χ3v) is 7.57. The quantitative estimate of drug-likeness (QED) is 0.575. The number of benzene rings is 2. The molecule has 1 saturated heterocycles. The van der Waals surface area contributed by atoms with E-state index in [4.69, 9.17) is 0 Å². The molecule has 0 N–H and O–H groups in total. The Hall–Kier alpha value is -3.05. The van der Waals surface area contributed by atoms with Crippen molar-refractivity contribution in [1.82, 2.24) is 18.3 Å². The second-order valence-corrected chi connectivity index (χ2v) is 9.37. The first-order chi connectivity index (χ1) is 15.2. The normalized spacial score (nSPS) is 15.4. The average Bonchev–Trinajstić information content (AvgIpc) is 3.04. The van der Waals surface area contributed by atoms with Crippen LogP contribution in [0.15, 0.2) is 52.2 Å². The minimum Gasteiger partial charge on any atom is -0.338 e. The number of nitrogens with zero attached hydrogens (tertiary/aromatic N) is 4. The van der Waals surface area contributed by atoms with Crippen LogP contribution in [0.3, 0.4) is 0 Å². The summed E-state index contributed by atoms with van der Waals surface area (Å²) in [5.41, 5.74) is 1.11. The highest BCUT2D eigenvalue weighted by molar-refractivity contribution is 7.89. The van der Waals surface area contributed by atoms with Gasteiger partial charge < -0.3 is 4.90 Å². The number of rotatable bonds is 5. The molecule has 170 valence electrons. The molecular formula is C21H22F2N4O4S. The van der Waals surface area contributed by atoms with Gasteiger partial charge in [0, 0.05) is 38.8 Å². The van der Waals surface area contributed by atoms with Crippen LogP contribution in [0.5, 0.6) is 0 Å². The van der Waals surface area contributed by atoms with Gasteiger partial charge in [0.1, 0.15) is 23.1 Å². The maximum absolute atomic E-state index is 14.0. The van der Waals surface area contributed by atoms with E-state index < -0.39 is 26.6 Å². The van der Waals surface area contributed by atoms with Crippen molar-refractivity contribution >= 4 is 27.0 Å². The van der Waals surface area contributed by atoms with Crippen LogP contribution in [-0.4, -0.2) is 58.8 Å². The molecule has 0 aliphatic carbocycles. The molecule has 11 heteroatoms. The van der Waals surface area contributed by atoms with Crippen molar-refractivity contribution in [2.24, 2.45) is 0 Å². The fraction of sp³-hybridized carbons (Fsp3) is 0.333. The molecule has 4 rings (SSSR count). The number of sulfonamides is 1. The molecule has 0 atom stereocenters. The molecule has 1 aromatic heterocycles. The summed E-state index contributed by atoms with van der Waals surface area (Å²) in [6.07, 6.45) is 0. The third-order valence-electron chi connectivity index (χ3n) is 5.64. The van der Waals surface area contributed by atoms with E-state index in [9.17, 15) is 26.8 Å². The highest BCUT2D eigenvalue weighted by Gasteiger charge is 2.32. The smallest absolute Gasteiger partial charge is 0.329 e. The topological polar surface area (TPSA) is 84.6 Å². The Morgan fingerprint density at radius 1 is 0.969 bits per heavy atom. The molecule has 0 bridgehead atoms. The summed E-state index contributed by atoms with van der Waals surface area (Å²) in [4.78, 5) is 26.5. The van der Waals surface area contributed by atoms with Crippen molar-refractivity contribution in [1.29, 1.82) is 0 Å². The first-order valence-electron chi connectivity index (χ1n) is 10.1. The van der Waals surface area contributed by atoms with Gasteiger partial charge in [-0.3, -0.25) is 13.9 Å². The van der Waals surface area contributed by atoms with Gasteiger partial charge in [0.25, 0.3) is 0 Å². The molecule has 1 amide bonds. The van der Waals surface area contributed by atoms with Gasteiger partial charge in [0.2, 0.25) is 15.9 Å². The van der Waals surface area contributed by atoms with E-state index in [1.165, 1.54) is 9.47 Å². The first kappa shape index (κ1) is 22.2. The number of fused-ring (bicyclic) bond motifs is 1. The van der Waals surface area contributed by atoms with Crippen LogP contribution in [0, 0.1) is 11.6 Å². The van der Waals surface area contributed by atoms with Gasteiger partial charge in [-0.2, -0.15) is 4.31 Å². The van der Waals surface area contributed by atoms with Crippen molar-refractivity contribution in [2.75, 3.05) is 26.2 Å². The summed E-state index contributed by atoms with van der Waals surface area (Å²) >= 11 is 0. The molecule has 1 aliphatic heterocycles. The zero-order chi connectivity index (χ0) is 23.0. The monoisotopic (exact) mass is 464 g/mol. The third kappa shape index (κ3) is 3.82. The van der Waals surface area contributed by atoms with E-state index >= 15 is 0 Å². The summed E-state index contributed by atoms with van der Waals surface area (Å²) in [6.45, 7) is 2.30. The SMILES string of the molecule is CCn1c(=O)n(CC(=O)N2CCN(S(=O)(=O)c3ccc(F)cc3F)CC2)c2ccccc21. The van der Waals surface area contributed by atoms with Crippen LogP contribution in [0.25, 0.3) is 11.0 Å². The molecule has 2 aromatic carbocycles. The Labute approximate surface area is 183 Å². The lowest BCUT2D eigenvalue weighted by Gasteiger charge is -2.34. The van der Waals surface area contributed by atoms with Crippen molar-refractivity contribution in [2.45, 2.75) is 24.9 Å². The summed E-state index contributed by atoms with van der Waals surface area (Å²) in [5, 5.41) is 0. The van der Waals surface area contributed by atoms with Gasteiger partial charge in [0.05, 0.1) is 11.0 Å². The highest BCUT2D eigenvalue weighted by Crippen LogP contribution is 2.22. The van der Waals surface area contributed by atoms with Gasteiger partial charge in [0.15, 0.2) is 0 Å². The largest absolute Gasteiger partial charge is 0.338 e. The van der Waals surface area contributed by atoms with Crippen LogP contribution in [-0.2, 0) is 27.9 Å². The summed E-state index contributed by atoms with van der Waals surface area (Å²) in [7, 11) is -4.16. The lowest BCUT2D eigenvalue weighted by molar-refractivity contribution is -0.133. The number of halogens is 2. The molecule has 8 nitrogen and oxygen atoms in total. The standard InChI is InChI=1S/C21H22F2N4O4S/c1-2-26-17-5-3-4-6-18(17)27(21(26)29)14-20(28)24-9-11-25(12-10-24)32(30,31)19-8-7-15(22)13-16(19)23/h3-8,13H,2,9-12,14H2,1H3. The number of amides is 1. The number of aromatic nitrogens is 2. The zero-order valence-corrected chi connectivity index (χ0v) is 18.2. The van der Waals surface area contributed by atoms with Crippen LogP contribution in [0.4, 0.5) is 8.78 Å². The Morgan fingerprint density at radius 3 is 2.19 bits per heavy atom. The summed E-state index contributed by atoms with van der Waals surface area (Å²) in [5.74, 6) is -2.33. The minimum absolute atomic E-state index is 0.0312. The molecule has 0 radical (unpaired) electrons. The van der Waals surface area contributed by atoms with Crippen molar-refractivity contribution < 1.29 is 22.0 Å². The molecule has 0 saturated carbocycles. The molecule has 0 unspecified atom stereocenters. The fourth-order valence-electron chi connectivity index (χ4n) is 3.97. The lowest BCUT2D eigenvalue weighted by Crippen LogP contribution is -2.51. The van der Waals surface area contributed by atoms with E-state index in [2.05, 4.69) is 0 Å². The fourth-order valence-corrected chi connectivity index (χ4v) is 5.44. The maximum atomic E-state index is 14.0. The number of hydrogen-bond acceptors (Lipinski definition) is 4. The van der Waals surface area contributed by atoms with Crippen LogP contribution in [0.2, 0.25) is 0 Å². The highest BCUT2D eigenvalue weighted by atomic mass is 32.2. The van der Waals surface area contributed by atoms with Crippen molar-refractivity contribution in [3.8, 4) is 0 Å². The van der Waals surface area contributed by atoms with Gasteiger partial charge >= 0.3 is 5.69 Å². The molecule has 32 heavy (non-hydrogen) atoms. The van der Waals surface area contributed by atoms with E-state index in [1.54, 1.807) is 16.7 Å². The van der Waals surface area contributed by atoms with Gasteiger partial charge in [-0.1, -0.05) is 12.1 Å². The molecular weight excluding hydrogens is 442 g/mol. The number of hydrogen-bond donors (Lipinski definition) is 0. The average molecular weight is 464 g/mol. The van der Waals surface area contributed by atoms with Crippen LogP contribution in [0.1, 0.15) is 6.92 Å². The first-order valence-corrected chi connectivity index (χ1v) is 11.6. The maximum Gasteiger partial charge on any atom is 0.329 e. The number of imidazole rings is 1. The van der Waals surface area contributed by atoms with Crippen molar-refractivity contribution in [3.63, 3.8) is 0 Å². The molecule has 2 heterocycles. The van der Waals surface area contributed by atoms with Crippen LogP contribution >= 0.6 is 0 Å². The minimum atomic E-state index is -4.16. The van der Waals surface area contributed by atoms with Crippen LogP contribution < -0.4 is 5.69 Å². The zero-order valence-electron chi connectivity index (χ0n) is 17.4. The number of piperazine rings is 1. The number of para-hydroxylation sites is 2. The second kappa shape index (κ2) is 8.47. The van der Waals surface area contributed by atoms with Crippen molar-refractivity contribution in [3.05, 3.63) is 64.6 Å². The Morgan fingerprint density at radius 2 is 1.59 bits per heavy atom. The number of carbonyl (C=O) groups excluding carboxylic acids is 1. The molecule has 0 spiro atoms. The van der Waals surface area contributed by atoms with Gasteiger partial charge in [-0.15, -0.1) is 0 Å². The number of carbonyl (C=O) groups is 1. The Bertz CT molecular complexity index is 1340. The molecule has 3 aromatic rings. The van der Waals surface area contributed by atoms with E-state index in [0.29, 0.717) is 18.1 Å². The second-order valence-electron chi connectivity index (χ2n) is 7.46. The van der Waals surface area contributed by atoms with E-state index in [0.717, 1.165) is 22.0 Å². The predicted molar refractivity (Wildman–Crippen MR) is 114 cm³/mol. The summed E-state index contributed by atoms with van der Waals surface area (Å²) in [6, 6.07) is 9.52. The predicted octanol–water partition coefficient (Wildman–Crippen LogP) is 1.63. The van der Waals surface area contributed by atoms with Gasteiger partial charge in [-0.05, 0) is 31.2 Å². The lowest BCUT2D eigenvalue weighted by atomic mass is 10.3. The Balaban J connectivity index is 1.48. The number of aryl methyl sites for hydroxylation is 1. The van der Waals surface area contributed by atoms with E-state index in [1.807, 2.05) is 19.1 Å². The summed E-state index contributed by atoms with van der Waals surface area (Å²) < 4.78 is 56.7. The van der Waals surface area contributed by atoms with E-state index in [-0.39, 0.29) is 44.3 Å². The Kier molecular flexibility index (Phi) is 5.87. The molecule has 1 aliphatic rings. The van der Waals surface area contributed by atoms with Gasteiger partial charge in [-0.25, -0.2) is 22.0 Å². The molecule has 1 fully saturated rings.